The zero-order chi connectivity index (χ0) is 19.2. The second-order valence-corrected chi connectivity index (χ2v) is 9.63. The van der Waals surface area contributed by atoms with Crippen molar-refractivity contribution in [3.05, 3.63) is 28.9 Å². The van der Waals surface area contributed by atoms with E-state index in [2.05, 4.69) is 37.1 Å². The Bertz CT molecular complexity index is 864. The molecule has 144 valence electrons. The molecule has 0 radical (unpaired) electrons. The predicted octanol–water partition coefficient (Wildman–Crippen LogP) is 4.23. The van der Waals surface area contributed by atoms with Gasteiger partial charge in [-0.1, -0.05) is 15.9 Å². The van der Waals surface area contributed by atoms with Crippen LogP contribution >= 0.6 is 15.9 Å². The zero-order valence-corrected chi connectivity index (χ0v) is 17.6. The standard InChI is InChI=1S/C20H25BrN4O2/c1-19(2,3)27-18(26)24-8-6-20(7-9-24)12-25(13-20)17-11-22-23-16-5-4-14(21)10-15(16)17/h4-5,10-11H,6-9,12-13H2,1-3H3. The van der Waals surface area contributed by atoms with Crippen LogP contribution in [0.15, 0.2) is 28.9 Å². The number of piperidine rings is 1. The fourth-order valence-electron chi connectivity index (χ4n) is 4.01. The van der Waals surface area contributed by atoms with Gasteiger partial charge in [-0.3, -0.25) is 0 Å². The quantitative estimate of drug-likeness (QED) is 0.674. The van der Waals surface area contributed by atoms with E-state index in [0.29, 0.717) is 5.41 Å². The summed E-state index contributed by atoms with van der Waals surface area (Å²) in [7, 11) is 0. The average molecular weight is 433 g/mol. The number of likely N-dealkylation sites (tertiary alicyclic amines) is 1. The maximum atomic E-state index is 12.3. The van der Waals surface area contributed by atoms with Crippen molar-refractivity contribution in [1.82, 2.24) is 15.1 Å². The van der Waals surface area contributed by atoms with Crippen LogP contribution in [0.1, 0.15) is 33.6 Å². The van der Waals surface area contributed by atoms with E-state index in [1.54, 1.807) is 0 Å². The fraction of sp³-hybridized carbons (Fsp3) is 0.550. The second kappa shape index (κ2) is 6.62. The fourth-order valence-corrected chi connectivity index (χ4v) is 4.37. The number of halogens is 1. The molecule has 0 N–H and O–H groups in total. The van der Waals surface area contributed by atoms with Crippen LogP contribution in [0, 0.1) is 5.41 Å². The molecule has 6 nitrogen and oxygen atoms in total. The van der Waals surface area contributed by atoms with Crippen LogP contribution in [-0.4, -0.2) is 53.0 Å². The summed E-state index contributed by atoms with van der Waals surface area (Å²) in [6, 6.07) is 6.09. The Kier molecular flexibility index (Phi) is 4.53. The van der Waals surface area contributed by atoms with Crippen molar-refractivity contribution in [2.24, 2.45) is 5.41 Å². The Morgan fingerprint density at radius 1 is 1.22 bits per heavy atom. The summed E-state index contributed by atoms with van der Waals surface area (Å²) in [5.74, 6) is 0. The Morgan fingerprint density at radius 2 is 1.93 bits per heavy atom. The van der Waals surface area contributed by atoms with Gasteiger partial charge >= 0.3 is 6.09 Å². The first-order valence-electron chi connectivity index (χ1n) is 9.39. The summed E-state index contributed by atoms with van der Waals surface area (Å²) in [4.78, 5) is 16.5. The van der Waals surface area contributed by atoms with Gasteiger partial charge in [0.2, 0.25) is 0 Å². The van der Waals surface area contributed by atoms with Gasteiger partial charge in [0, 0.05) is 41.5 Å². The molecule has 2 aliphatic rings. The minimum Gasteiger partial charge on any atom is -0.444 e. The van der Waals surface area contributed by atoms with Gasteiger partial charge in [0.05, 0.1) is 17.4 Å². The minimum atomic E-state index is -0.441. The van der Waals surface area contributed by atoms with Crippen LogP contribution in [-0.2, 0) is 4.74 Å². The number of ether oxygens (including phenoxy) is 1. The van der Waals surface area contributed by atoms with Crippen molar-refractivity contribution in [1.29, 1.82) is 0 Å². The third kappa shape index (κ3) is 3.74. The number of benzene rings is 1. The normalized spacial score (nSPS) is 19.3. The first-order chi connectivity index (χ1) is 12.7. The molecule has 1 amide bonds. The van der Waals surface area contributed by atoms with E-state index in [4.69, 9.17) is 4.74 Å². The maximum absolute atomic E-state index is 12.3. The molecule has 0 saturated carbocycles. The highest BCUT2D eigenvalue weighted by Gasteiger charge is 2.46. The lowest BCUT2D eigenvalue weighted by Crippen LogP contribution is -2.61. The lowest BCUT2D eigenvalue weighted by molar-refractivity contribution is 0.00601. The van der Waals surface area contributed by atoms with Crippen LogP contribution in [0.25, 0.3) is 10.9 Å². The van der Waals surface area contributed by atoms with E-state index in [1.807, 2.05) is 44.0 Å². The number of carbonyl (C=O) groups excluding carboxylic acids is 1. The zero-order valence-electron chi connectivity index (χ0n) is 16.0. The number of rotatable bonds is 1. The van der Waals surface area contributed by atoms with Gasteiger partial charge in [-0.25, -0.2) is 4.79 Å². The molecule has 1 aromatic carbocycles. The van der Waals surface area contributed by atoms with Gasteiger partial charge < -0.3 is 14.5 Å². The molecule has 3 heterocycles. The largest absolute Gasteiger partial charge is 0.444 e. The predicted molar refractivity (Wildman–Crippen MR) is 109 cm³/mol. The Hall–Kier alpha value is -1.89. The number of nitrogens with zero attached hydrogens (tertiary/aromatic N) is 4. The number of hydrogen-bond donors (Lipinski definition) is 0. The molecule has 0 unspecified atom stereocenters. The summed E-state index contributed by atoms with van der Waals surface area (Å²) < 4.78 is 6.55. The average Bonchev–Trinajstić information content (AvgIpc) is 2.58. The summed E-state index contributed by atoms with van der Waals surface area (Å²) in [5.41, 5.74) is 1.90. The summed E-state index contributed by atoms with van der Waals surface area (Å²) in [6.07, 6.45) is 3.70. The van der Waals surface area contributed by atoms with Crippen molar-refractivity contribution >= 4 is 38.6 Å². The van der Waals surface area contributed by atoms with E-state index in [9.17, 15) is 4.79 Å². The van der Waals surface area contributed by atoms with Gasteiger partial charge in [0.1, 0.15) is 5.60 Å². The Balaban J connectivity index is 1.41. The minimum absolute atomic E-state index is 0.192. The van der Waals surface area contributed by atoms with E-state index in [1.165, 1.54) is 0 Å². The monoisotopic (exact) mass is 432 g/mol. The van der Waals surface area contributed by atoms with Gasteiger partial charge in [-0.15, -0.1) is 0 Å². The third-order valence-electron chi connectivity index (χ3n) is 5.45. The Labute approximate surface area is 168 Å². The molecule has 4 rings (SSSR count). The number of carbonyl (C=O) groups is 1. The molecule has 0 aliphatic carbocycles. The molecular weight excluding hydrogens is 408 g/mol. The molecule has 1 spiro atoms. The molecule has 2 fully saturated rings. The first-order valence-corrected chi connectivity index (χ1v) is 10.2. The molecule has 1 aromatic heterocycles. The topological polar surface area (TPSA) is 58.6 Å². The van der Waals surface area contributed by atoms with E-state index < -0.39 is 5.60 Å². The number of hydrogen-bond acceptors (Lipinski definition) is 5. The Morgan fingerprint density at radius 3 is 2.59 bits per heavy atom. The van der Waals surface area contributed by atoms with Gasteiger partial charge in [-0.05, 0) is 51.8 Å². The van der Waals surface area contributed by atoms with Gasteiger partial charge in [0.25, 0.3) is 0 Å². The lowest BCUT2D eigenvalue weighted by atomic mass is 9.72. The molecule has 2 saturated heterocycles. The van der Waals surface area contributed by atoms with E-state index >= 15 is 0 Å². The van der Waals surface area contributed by atoms with E-state index in [0.717, 1.165) is 60.1 Å². The number of amides is 1. The van der Waals surface area contributed by atoms with Crippen molar-refractivity contribution in [2.45, 2.75) is 39.2 Å². The molecule has 7 heteroatoms. The molecule has 0 bridgehead atoms. The van der Waals surface area contributed by atoms with Crippen LogP contribution in [0.5, 0.6) is 0 Å². The highest BCUT2D eigenvalue weighted by atomic mass is 79.9. The number of aromatic nitrogens is 2. The smallest absolute Gasteiger partial charge is 0.410 e. The maximum Gasteiger partial charge on any atom is 0.410 e. The summed E-state index contributed by atoms with van der Waals surface area (Å²) >= 11 is 3.55. The SMILES string of the molecule is CC(C)(C)OC(=O)N1CCC2(CC1)CN(c1cnnc3ccc(Br)cc13)C2. The van der Waals surface area contributed by atoms with Gasteiger partial charge in [-0.2, -0.15) is 10.2 Å². The number of fused-ring (bicyclic) bond motifs is 1. The lowest BCUT2D eigenvalue weighted by Gasteiger charge is -2.55. The molecule has 0 atom stereocenters. The van der Waals surface area contributed by atoms with Crippen molar-refractivity contribution in [2.75, 3.05) is 31.1 Å². The van der Waals surface area contributed by atoms with Crippen molar-refractivity contribution < 1.29 is 9.53 Å². The van der Waals surface area contributed by atoms with Crippen molar-refractivity contribution in [3.63, 3.8) is 0 Å². The van der Waals surface area contributed by atoms with Crippen LogP contribution in [0.4, 0.5) is 10.5 Å². The van der Waals surface area contributed by atoms with E-state index in [-0.39, 0.29) is 6.09 Å². The summed E-state index contributed by atoms with van der Waals surface area (Å²) in [5, 5.41) is 9.53. The number of anilines is 1. The van der Waals surface area contributed by atoms with Crippen LogP contribution in [0.3, 0.4) is 0 Å². The van der Waals surface area contributed by atoms with Gasteiger partial charge in [0.15, 0.2) is 0 Å². The highest BCUT2D eigenvalue weighted by molar-refractivity contribution is 9.10. The van der Waals surface area contributed by atoms with Crippen LogP contribution < -0.4 is 4.90 Å². The molecule has 2 aliphatic heterocycles. The summed E-state index contributed by atoms with van der Waals surface area (Å²) in [6.45, 7) is 9.26. The van der Waals surface area contributed by atoms with Crippen LogP contribution in [0.2, 0.25) is 0 Å². The molecular formula is C20H25BrN4O2. The third-order valence-corrected chi connectivity index (χ3v) is 5.94. The molecule has 27 heavy (non-hydrogen) atoms. The first kappa shape index (κ1) is 18.5. The van der Waals surface area contributed by atoms with Crippen molar-refractivity contribution in [3.8, 4) is 0 Å². The molecule has 2 aromatic rings. The second-order valence-electron chi connectivity index (χ2n) is 8.71. The highest BCUT2D eigenvalue weighted by Crippen LogP contribution is 2.44.